The zero-order valence-corrected chi connectivity index (χ0v) is 61.8. The second-order valence-corrected chi connectivity index (χ2v) is 36.9. The number of carbonyl (C=O) groups is 1. The Bertz CT molecular complexity index is 2130. The highest BCUT2D eigenvalue weighted by atomic mass is 32.2. The summed E-state index contributed by atoms with van der Waals surface area (Å²) in [4.78, 5) is 19.2. The van der Waals surface area contributed by atoms with E-state index < -0.39 is 5.41 Å². The molecule has 1 aliphatic heterocycles. The molecule has 1 aliphatic rings. The van der Waals surface area contributed by atoms with Gasteiger partial charge in [-0.05, 0) is 146 Å². The second-order valence-electron chi connectivity index (χ2n) is 33.5. The Morgan fingerprint density at radius 2 is 1.12 bits per heavy atom. The third-order valence-electron chi connectivity index (χ3n) is 17.6. The molecule has 1 aromatic rings. The minimum absolute atomic E-state index is 0.0999. The number of hydrazone groups is 1. The summed E-state index contributed by atoms with van der Waals surface area (Å²) < 4.78 is 34.2. The molecule has 0 bridgehead atoms. The fraction of sp³-hybridized carbons (Fsp3) is 0.913. The molecule has 85 heavy (non-hydrogen) atoms. The number of amides is 1. The first-order chi connectivity index (χ1) is 38.7. The summed E-state index contributed by atoms with van der Waals surface area (Å²) in [6, 6.07) is 0. The van der Waals surface area contributed by atoms with E-state index in [-0.39, 0.29) is 53.9 Å². The van der Waals surface area contributed by atoms with Crippen LogP contribution in [0.4, 0.5) is 0 Å². The maximum absolute atomic E-state index is 14.8. The molecular formula is C69H134N8O6S2. The molecule has 1 amide bonds. The fourth-order valence-corrected chi connectivity index (χ4v) is 13.4. The Labute approximate surface area is 532 Å². The average Bonchev–Trinajstić information content (AvgIpc) is 3.24. The van der Waals surface area contributed by atoms with E-state index in [0.717, 1.165) is 101 Å². The van der Waals surface area contributed by atoms with E-state index in [0.29, 0.717) is 70.7 Å². The van der Waals surface area contributed by atoms with Gasteiger partial charge in [0.15, 0.2) is 0 Å². The van der Waals surface area contributed by atoms with Crippen molar-refractivity contribution in [3.63, 3.8) is 0 Å². The molecule has 1 N–H and O–H groups in total. The number of ether oxygens (including phenoxy) is 5. The molecule has 0 saturated heterocycles. The molecular weight excluding hydrogens is 1100 g/mol. The van der Waals surface area contributed by atoms with Crippen molar-refractivity contribution in [1.82, 2.24) is 35.1 Å². The van der Waals surface area contributed by atoms with Crippen LogP contribution in [-0.2, 0) is 40.8 Å². The molecule has 0 unspecified atom stereocenters. The van der Waals surface area contributed by atoms with Gasteiger partial charge in [-0.3, -0.25) is 14.5 Å². The third-order valence-corrected chi connectivity index (χ3v) is 20.3. The molecule has 16 heteroatoms. The minimum atomic E-state index is -0.635. The molecule has 2 heterocycles. The first kappa shape index (κ1) is 79.2. The Hall–Kier alpha value is -1.92. The number of thioether (sulfide) groups is 2. The molecule has 498 valence electrons. The highest BCUT2D eigenvalue weighted by molar-refractivity contribution is 8.00. The van der Waals surface area contributed by atoms with Crippen molar-refractivity contribution in [3.05, 3.63) is 23.8 Å². The number of aromatic nitrogens is 3. The molecule has 0 atom stereocenters. The van der Waals surface area contributed by atoms with Gasteiger partial charge in [-0.15, -0.1) is 28.6 Å². The van der Waals surface area contributed by atoms with Crippen molar-refractivity contribution in [2.24, 2.45) is 43.5 Å². The molecule has 1 aromatic heterocycles. The highest BCUT2D eigenvalue weighted by Gasteiger charge is 2.46. The summed E-state index contributed by atoms with van der Waals surface area (Å²) in [7, 11) is 2.20. The Morgan fingerprint density at radius 3 is 1.68 bits per heavy atom. The topological polar surface area (TPSA) is 128 Å². The second kappa shape index (κ2) is 33.9. The van der Waals surface area contributed by atoms with Crippen LogP contribution < -0.4 is 5.32 Å². The van der Waals surface area contributed by atoms with Crippen molar-refractivity contribution < 1.29 is 28.5 Å². The van der Waals surface area contributed by atoms with Gasteiger partial charge in [-0.1, -0.05) is 144 Å². The number of rotatable bonds is 44. The van der Waals surface area contributed by atoms with Gasteiger partial charge in [-0.25, -0.2) is 0 Å². The van der Waals surface area contributed by atoms with Gasteiger partial charge < -0.3 is 38.8 Å². The average molecular weight is 1240 g/mol. The van der Waals surface area contributed by atoms with E-state index in [2.05, 4.69) is 225 Å². The minimum Gasteiger partial charge on any atom is -0.380 e. The third kappa shape index (κ3) is 33.6. The van der Waals surface area contributed by atoms with Gasteiger partial charge in [0.1, 0.15) is 6.34 Å². The zero-order valence-electron chi connectivity index (χ0n) is 60.2. The Morgan fingerprint density at radius 1 is 0.600 bits per heavy atom. The van der Waals surface area contributed by atoms with E-state index in [1.165, 1.54) is 5.70 Å². The standard InChI is InChI=1S/C69H134N8O6S2/c1-55(2)62(11,12)30-35-74(27)53-63(13,14)69(25,26)58(78)75(39-44-80-45-46-83-66(19,20)34-42-82-65(17,18)32-37-77-48-57(72-73-77)50-85-68(23,24)52-60(6,7)8)38-43-79-40-28-29-61(9,10)33-41-81-64(15,16)31-36-76-47-56(70-54-71-76)49-84-67(21,22)51-59(3,4)5/h47-48,54-55H,28-46,49-53H2,1-27H3,(H,70,71). The zero-order chi connectivity index (χ0) is 65.0. The monoisotopic (exact) mass is 1230 g/mol. The van der Waals surface area contributed by atoms with Crippen molar-refractivity contribution in [2.75, 3.05) is 91.8 Å². The van der Waals surface area contributed by atoms with Gasteiger partial charge in [0, 0.05) is 85.0 Å². The molecule has 0 saturated carbocycles. The number of hydrogen-bond donors (Lipinski definition) is 1. The SMILES string of the molecule is CC(C)C(C)(C)CCN(C)CC(C)(C)C(C)(C)C(=O)N(CCOCCCC(C)(C)CCOC(C)(C)CCN1C=C(CSC(C)(C)CC(C)(C)C)NC=N1)CCOCCOC(C)(C)CCOC(C)(C)CCn1cc(CSC(C)(C)CC(C)(C)C)nn1. The normalized spacial score (nSPS) is 14.9. The predicted octanol–water partition coefficient (Wildman–Crippen LogP) is 16.0. The van der Waals surface area contributed by atoms with Gasteiger partial charge in [0.25, 0.3) is 0 Å². The van der Waals surface area contributed by atoms with E-state index in [4.69, 9.17) is 23.7 Å². The molecule has 0 fully saturated rings. The van der Waals surface area contributed by atoms with Crippen LogP contribution in [0.5, 0.6) is 0 Å². The van der Waals surface area contributed by atoms with Crippen LogP contribution in [-0.4, -0.2) is 160 Å². The van der Waals surface area contributed by atoms with Crippen LogP contribution in [0.3, 0.4) is 0 Å². The lowest BCUT2D eigenvalue weighted by Gasteiger charge is -2.45. The number of hydrogen-bond acceptors (Lipinski definition) is 14. The predicted molar refractivity (Wildman–Crippen MR) is 365 cm³/mol. The summed E-state index contributed by atoms with van der Waals surface area (Å²) >= 11 is 3.94. The molecule has 0 spiro atoms. The van der Waals surface area contributed by atoms with Crippen molar-refractivity contribution in [1.29, 1.82) is 0 Å². The van der Waals surface area contributed by atoms with Gasteiger partial charge in [0.05, 0.1) is 60.9 Å². The summed E-state index contributed by atoms with van der Waals surface area (Å²) in [5, 5.41) is 18.9. The Balaban J connectivity index is 1.91. The van der Waals surface area contributed by atoms with Crippen LogP contribution in [0, 0.1) is 38.4 Å². The first-order valence-corrected chi connectivity index (χ1v) is 34.6. The molecule has 14 nitrogen and oxygen atoms in total. The van der Waals surface area contributed by atoms with E-state index in [1.807, 2.05) is 44.5 Å². The van der Waals surface area contributed by atoms with Crippen LogP contribution in [0.15, 0.2) is 23.2 Å². The van der Waals surface area contributed by atoms with Crippen LogP contribution >= 0.6 is 23.5 Å². The van der Waals surface area contributed by atoms with Gasteiger partial charge in [-0.2, -0.15) is 5.10 Å². The summed E-state index contributed by atoms with van der Waals surface area (Å²) in [5.41, 5.74) is 1.21. The summed E-state index contributed by atoms with van der Waals surface area (Å²) in [5.74, 6) is 2.51. The van der Waals surface area contributed by atoms with E-state index in [1.54, 1.807) is 0 Å². The fourth-order valence-electron chi connectivity index (χ4n) is 10.9. The van der Waals surface area contributed by atoms with Crippen molar-refractivity contribution in [3.8, 4) is 0 Å². The van der Waals surface area contributed by atoms with Crippen LogP contribution in [0.1, 0.15) is 243 Å². The van der Waals surface area contributed by atoms with Crippen molar-refractivity contribution >= 4 is 35.8 Å². The largest absolute Gasteiger partial charge is 0.380 e. The highest BCUT2D eigenvalue weighted by Crippen LogP contribution is 2.42. The number of aryl methyl sites for hydroxylation is 1. The number of nitrogens with zero attached hydrogens (tertiary/aromatic N) is 7. The first-order valence-electron chi connectivity index (χ1n) is 32.6. The van der Waals surface area contributed by atoms with Crippen LogP contribution in [0.2, 0.25) is 0 Å². The summed E-state index contributed by atoms with van der Waals surface area (Å²) in [6.07, 6.45) is 14.8. The smallest absolute Gasteiger partial charge is 0.228 e. The molecule has 0 aliphatic carbocycles. The molecule has 0 radical (unpaired) electrons. The lowest BCUT2D eigenvalue weighted by atomic mass is 9.66. The molecule has 2 rings (SSSR count). The summed E-state index contributed by atoms with van der Waals surface area (Å²) in [6.45, 7) is 66.8. The quantitative estimate of drug-likeness (QED) is 0.0623. The molecule has 0 aromatic carbocycles. The number of nitrogens with one attached hydrogen (secondary N) is 1. The van der Waals surface area contributed by atoms with Gasteiger partial charge in [0.2, 0.25) is 5.91 Å². The van der Waals surface area contributed by atoms with E-state index in [9.17, 15) is 4.79 Å². The van der Waals surface area contributed by atoms with E-state index >= 15 is 0 Å². The maximum Gasteiger partial charge on any atom is 0.228 e. The lowest BCUT2D eigenvalue weighted by Crippen LogP contribution is -2.53. The van der Waals surface area contributed by atoms with Crippen molar-refractivity contribution in [2.45, 2.75) is 276 Å². The number of carbonyl (C=O) groups excluding carboxylic acids is 1. The van der Waals surface area contributed by atoms with Crippen LogP contribution in [0.25, 0.3) is 0 Å². The Kier molecular flexibility index (Phi) is 31.6. The van der Waals surface area contributed by atoms with Gasteiger partial charge >= 0.3 is 0 Å². The maximum atomic E-state index is 14.8. The lowest BCUT2D eigenvalue weighted by molar-refractivity contribution is -0.149.